The predicted molar refractivity (Wildman–Crippen MR) is 70.3 cm³/mol. The van der Waals surface area contributed by atoms with Gasteiger partial charge in [0.2, 0.25) is 0 Å². The molecule has 0 aliphatic carbocycles. The molecule has 0 spiro atoms. The quantitative estimate of drug-likeness (QED) is 0.894. The van der Waals surface area contributed by atoms with Crippen LogP contribution in [0.3, 0.4) is 0 Å². The number of nitrogens with zero attached hydrogens (tertiary/aromatic N) is 2. The van der Waals surface area contributed by atoms with Crippen molar-refractivity contribution in [2.24, 2.45) is 7.05 Å². The Kier molecular flexibility index (Phi) is 3.02. The molecule has 1 aliphatic heterocycles. The van der Waals surface area contributed by atoms with Gasteiger partial charge in [-0.3, -0.25) is 4.68 Å². The molecule has 1 aromatic carbocycles. The second-order valence-corrected chi connectivity index (χ2v) is 4.68. The Hall–Kier alpha value is -1.81. The van der Waals surface area contributed by atoms with E-state index in [0.29, 0.717) is 0 Å². The topological polar surface area (TPSA) is 39.1 Å². The van der Waals surface area contributed by atoms with Gasteiger partial charge >= 0.3 is 0 Å². The zero-order valence-electron chi connectivity index (χ0n) is 10.5. The number of anilines is 1. The maximum absolute atomic E-state index is 5.41. The summed E-state index contributed by atoms with van der Waals surface area (Å²) in [7, 11) is 1.94. The third kappa shape index (κ3) is 2.38. The number of aromatic nitrogens is 2. The highest BCUT2D eigenvalue weighted by Gasteiger charge is 2.10. The Morgan fingerprint density at radius 2 is 2.22 bits per heavy atom. The van der Waals surface area contributed by atoms with Crippen LogP contribution in [0.2, 0.25) is 0 Å². The summed E-state index contributed by atoms with van der Waals surface area (Å²) in [5.41, 5.74) is 5.05. The third-order valence-corrected chi connectivity index (χ3v) is 3.22. The van der Waals surface area contributed by atoms with E-state index >= 15 is 0 Å². The fourth-order valence-corrected chi connectivity index (χ4v) is 2.23. The van der Waals surface area contributed by atoms with Crippen LogP contribution in [0, 0.1) is 0 Å². The Labute approximate surface area is 107 Å². The number of fused-ring (bicyclic) bond motifs is 1. The molecule has 4 nitrogen and oxygen atoms in total. The molecule has 2 aromatic rings. The highest BCUT2D eigenvalue weighted by molar-refractivity contribution is 5.49. The van der Waals surface area contributed by atoms with Gasteiger partial charge in [0.1, 0.15) is 0 Å². The number of hydrogen-bond donors (Lipinski definition) is 1. The van der Waals surface area contributed by atoms with Crippen LogP contribution in [0.25, 0.3) is 0 Å². The first kappa shape index (κ1) is 11.3. The molecule has 0 fully saturated rings. The number of benzene rings is 1. The van der Waals surface area contributed by atoms with Crippen molar-refractivity contribution in [3.63, 3.8) is 0 Å². The maximum atomic E-state index is 5.41. The van der Waals surface area contributed by atoms with Gasteiger partial charge in [0.05, 0.1) is 19.4 Å². The van der Waals surface area contributed by atoms with Crippen LogP contribution in [-0.4, -0.2) is 16.3 Å². The largest absolute Gasteiger partial charge is 0.385 e. The predicted octanol–water partition coefficient (Wildman–Crippen LogP) is 2.10. The van der Waals surface area contributed by atoms with Crippen molar-refractivity contribution in [1.29, 1.82) is 0 Å². The highest BCUT2D eigenvalue weighted by atomic mass is 16.5. The molecule has 0 saturated heterocycles. The fourth-order valence-electron chi connectivity index (χ4n) is 2.23. The Morgan fingerprint density at radius 3 is 3.06 bits per heavy atom. The van der Waals surface area contributed by atoms with E-state index in [4.69, 9.17) is 4.74 Å². The Morgan fingerprint density at radius 1 is 1.33 bits per heavy atom. The molecule has 0 amide bonds. The van der Waals surface area contributed by atoms with Crippen molar-refractivity contribution in [2.75, 3.05) is 11.9 Å². The molecule has 0 bridgehead atoms. The molecule has 1 aliphatic rings. The van der Waals surface area contributed by atoms with Gasteiger partial charge in [0.15, 0.2) is 0 Å². The summed E-state index contributed by atoms with van der Waals surface area (Å²) in [4.78, 5) is 0. The first-order chi connectivity index (χ1) is 8.81. The molecule has 94 valence electrons. The van der Waals surface area contributed by atoms with Crippen LogP contribution in [0.15, 0.2) is 30.6 Å². The van der Waals surface area contributed by atoms with Crippen LogP contribution in [0.5, 0.6) is 0 Å². The SMILES string of the molecule is Cn1cc(CCNc2ccc3c(c2)COC3)cn1. The molecule has 0 unspecified atom stereocenters. The van der Waals surface area contributed by atoms with Crippen molar-refractivity contribution >= 4 is 5.69 Å². The first-order valence-corrected chi connectivity index (χ1v) is 6.22. The van der Waals surface area contributed by atoms with E-state index in [-0.39, 0.29) is 0 Å². The molecule has 2 heterocycles. The van der Waals surface area contributed by atoms with Gasteiger partial charge in [-0.15, -0.1) is 0 Å². The summed E-state index contributed by atoms with van der Waals surface area (Å²) >= 11 is 0. The van der Waals surface area contributed by atoms with E-state index in [2.05, 4.69) is 34.8 Å². The molecule has 0 saturated carbocycles. The molecular formula is C14H17N3O. The van der Waals surface area contributed by atoms with Gasteiger partial charge in [-0.2, -0.15) is 5.10 Å². The third-order valence-electron chi connectivity index (χ3n) is 3.22. The lowest BCUT2D eigenvalue weighted by molar-refractivity contribution is 0.134. The van der Waals surface area contributed by atoms with E-state index in [0.717, 1.165) is 26.2 Å². The van der Waals surface area contributed by atoms with E-state index in [1.54, 1.807) is 0 Å². The number of ether oxygens (including phenoxy) is 1. The lowest BCUT2D eigenvalue weighted by Crippen LogP contribution is -2.04. The van der Waals surface area contributed by atoms with Crippen LogP contribution in [-0.2, 0) is 31.4 Å². The van der Waals surface area contributed by atoms with Gasteiger partial charge in [0, 0.05) is 25.5 Å². The van der Waals surface area contributed by atoms with Crippen molar-refractivity contribution < 1.29 is 4.74 Å². The van der Waals surface area contributed by atoms with E-state index in [1.807, 2.05) is 17.9 Å². The van der Waals surface area contributed by atoms with Crippen molar-refractivity contribution in [3.8, 4) is 0 Å². The molecule has 1 aromatic heterocycles. The molecular weight excluding hydrogens is 226 g/mol. The van der Waals surface area contributed by atoms with Crippen LogP contribution < -0.4 is 5.32 Å². The van der Waals surface area contributed by atoms with Gasteiger partial charge in [0.25, 0.3) is 0 Å². The first-order valence-electron chi connectivity index (χ1n) is 6.22. The zero-order chi connectivity index (χ0) is 12.4. The number of hydrogen-bond acceptors (Lipinski definition) is 3. The standard InChI is InChI=1S/C14H17N3O/c1-17-8-11(7-16-17)4-5-15-14-3-2-12-9-18-10-13(12)6-14/h2-3,6-8,15H,4-5,9-10H2,1H3. The molecule has 0 atom stereocenters. The molecule has 0 radical (unpaired) electrons. The summed E-state index contributed by atoms with van der Waals surface area (Å²) in [6.45, 7) is 2.42. The smallest absolute Gasteiger partial charge is 0.0725 e. The normalized spacial score (nSPS) is 13.6. The number of nitrogens with one attached hydrogen (secondary N) is 1. The van der Waals surface area contributed by atoms with Crippen LogP contribution >= 0.6 is 0 Å². The number of aryl methyl sites for hydroxylation is 1. The van der Waals surface area contributed by atoms with E-state index in [9.17, 15) is 0 Å². The van der Waals surface area contributed by atoms with Crippen molar-refractivity contribution in [3.05, 3.63) is 47.3 Å². The maximum Gasteiger partial charge on any atom is 0.0725 e. The minimum absolute atomic E-state index is 0.744. The van der Waals surface area contributed by atoms with E-state index < -0.39 is 0 Å². The molecule has 3 rings (SSSR count). The lowest BCUT2D eigenvalue weighted by atomic mass is 10.1. The Bertz CT molecular complexity index is 548. The fraction of sp³-hybridized carbons (Fsp3) is 0.357. The van der Waals surface area contributed by atoms with Crippen molar-refractivity contribution in [2.45, 2.75) is 19.6 Å². The second-order valence-electron chi connectivity index (χ2n) is 4.68. The summed E-state index contributed by atoms with van der Waals surface area (Å²) in [5.74, 6) is 0. The van der Waals surface area contributed by atoms with Gasteiger partial charge in [-0.1, -0.05) is 6.07 Å². The summed E-state index contributed by atoms with van der Waals surface area (Å²) in [5, 5.41) is 7.60. The molecule has 1 N–H and O–H groups in total. The average molecular weight is 243 g/mol. The Balaban J connectivity index is 1.57. The minimum Gasteiger partial charge on any atom is -0.385 e. The monoisotopic (exact) mass is 243 g/mol. The van der Waals surface area contributed by atoms with Crippen molar-refractivity contribution in [1.82, 2.24) is 9.78 Å². The molecule has 18 heavy (non-hydrogen) atoms. The van der Waals surface area contributed by atoms with Gasteiger partial charge < -0.3 is 10.1 Å². The van der Waals surface area contributed by atoms with Crippen LogP contribution in [0.4, 0.5) is 5.69 Å². The van der Waals surface area contributed by atoms with Gasteiger partial charge in [-0.25, -0.2) is 0 Å². The summed E-state index contributed by atoms with van der Waals surface area (Å²) in [6.07, 6.45) is 4.96. The number of rotatable bonds is 4. The summed E-state index contributed by atoms with van der Waals surface area (Å²) < 4.78 is 7.24. The highest BCUT2D eigenvalue weighted by Crippen LogP contribution is 2.23. The summed E-state index contributed by atoms with van der Waals surface area (Å²) in [6, 6.07) is 6.46. The zero-order valence-corrected chi connectivity index (χ0v) is 10.5. The van der Waals surface area contributed by atoms with E-state index in [1.165, 1.54) is 22.4 Å². The van der Waals surface area contributed by atoms with Gasteiger partial charge in [-0.05, 0) is 35.2 Å². The minimum atomic E-state index is 0.744. The lowest BCUT2D eigenvalue weighted by Gasteiger charge is -2.07. The molecule has 4 heteroatoms. The average Bonchev–Trinajstić information content (AvgIpc) is 2.97. The van der Waals surface area contributed by atoms with Crippen LogP contribution in [0.1, 0.15) is 16.7 Å². The second kappa shape index (κ2) is 4.82.